The molecule has 1 aliphatic heterocycles. The number of likely N-dealkylation sites (tertiary alicyclic amines) is 1. The molecule has 1 unspecified atom stereocenters. The van der Waals surface area contributed by atoms with Gasteiger partial charge in [-0.2, -0.15) is 0 Å². The molecule has 2 rings (SSSR count). The van der Waals surface area contributed by atoms with Crippen molar-refractivity contribution in [1.29, 1.82) is 0 Å². The first-order valence-corrected chi connectivity index (χ1v) is 7.05. The van der Waals surface area contributed by atoms with Gasteiger partial charge in [-0.1, -0.05) is 0 Å². The quantitative estimate of drug-likeness (QED) is 0.762. The van der Waals surface area contributed by atoms with Crippen LogP contribution in [0.1, 0.15) is 30.3 Å². The summed E-state index contributed by atoms with van der Waals surface area (Å²) < 4.78 is 0. The fourth-order valence-electron chi connectivity index (χ4n) is 2.39. The molecule has 0 radical (unpaired) electrons. The third-order valence-electron chi connectivity index (χ3n) is 3.58. The van der Waals surface area contributed by atoms with Gasteiger partial charge in [0.25, 0.3) is 0 Å². The average molecular weight is 292 g/mol. The first-order chi connectivity index (χ1) is 10.1. The second kappa shape index (κ2) is 7.03. The summed E-state index contributed by atoms with van der Waals surface area (Å²) in [6, 6.07) is 2.94. The summed E-state index contributed by atoms with van der Waals surface area (Å²) in [6.45, 7) is 4.72. The lowest BCUT2D eigenvalue weighted by atomic mass is 10.3. The van der Waals surface area contributed by atoms with Crippen LogP contribution in [0.25, 0.3) is 0 Å². The Kier molecular flexibility index (Phi) is 5.10. The Morgan fingerprint density at radius 3 is 2.81 bits per heavy atom. The smallest absolute Gasteiger partial charge is 0.356 e. The minimum absolute atomic E-state index is 0.166. The second-order valence-electron chi connectivity index (χ2n) is 5.13. The van der Waals surface area contributed by atoms with Gasteiger partial charge in [-0.15, -0.1) is 0 Å². The van der Waals surface area contributed by atoms with E-state index in [1.165, 1.54) is 25.1 Å². The predicted octanol–water partition coefficient (Wildman–Crippen LogP) is 1.39. The third kappa shape index (κ3) is 4.16. The molecule has 114 valence electrons. The molecule has 1 aromatic rings. The van der Waals surface area contributed by atoms with E-state index in [0.717, 1.165) is 13.1 Å². The Labute approximate surface area is 123 Å². The largest absolute Gasteiger partial charge is 0.476 e. The van der Waals surface area contributed by atoms with Gasteiger partial charge >= 0.3 is 12.0 Å². The van der Waals surface area contributed by atoms with E-state index in [4.69, 9.17) is 5.11 Å². The highest BCUT2D eigenvalue weighted by molar-refractivity contribution is 5.98. The average Bonchev–Trinajstić information content (AvgIpc) is 2.99. The molecular weight excluding hydrogens is 272 g/mol. The molecule has 7 nitrogen and oxygen atoms in total. The summed E-state index contributed by atoms with van der Waals surface area (Å²) in [7, 11) is 0. The van der Waals surface area contributed by atoms with Crippen molar-refractivity contribution >= 4 is 17.7 Å². The Morgan fingerprint density at radius 1 is 1.43 bits per heavy atom. The van der Waals surface area contributed by atoms with E-state index < -0.39 is 12.0 Å². The van der Waals surface area contributed by atoms with Crippen molar-refractivity contribution in [2.24, 2.45) is 0 Å². The maximum atomic E-state index is 11.8. The SMILES string of the molecule is CC(CNC(=O)Nc1cccnc1C(=O)O)N1CCCC1. The maximum Gasteiger partial charge on any atom is 0.356 e. The summed E-state index contributed by atoms with van der Waals surface area (Å²) in [5, 5.41) is 14.3. The lowest BCUT2D eigenvalue weighted by Crippen LogP contribution is -2.42. The zero-order chi connectivity index (χ0) is 15.2. The lowest BCUT2D eigenvalue weighted by molar-refractivity contribution is 0.0691. The van der Waals surface area contributed by atoms with Crippen LogP contribution in [0, 0.1) is 0 Å². The number of hydrogen-bond acceptors (Lipinski definition) is 4. The maximum absolute atomic E-state index is 11.8. The second-order valence-corrected chi connectivity index (χ2v) is 5.13. The van der Waals surface area contributed by atoms with E-state index in [9.17, 15) is 9.59 Å². The number of carbonyl (C=O) groups excluding carboxylic acids is 1. The number of hydrogen-bond donors (Lipinski definition) is 3. The first-order valence-electron chi connectivity index (χ1n) is 7.05. The van der Waals surface area contributed by atoms with E-state index in [0.29, 0.717) is 6.54 Å². The van der Waals surface area contributed by atoms with Gasteiger partial charge in [0, 0.05) is 18.8 Å². The van der Waals surface area contributed by atoms with Crippen LogP contribution < -0.4 is 10.6 Å². The minimum atomic E-state index is -1.17. The zero-order valence-electron chi connectivity index (χ0n) is 12.0. The van der Waals surface area contributed by atoms with Crippen molar-refractivity contribution < 1.29 is 14.7 Å². The number of nitrogens with zero attached hydrogens (tertiary/aromatic N) is 2. The van der Waals surface area contributed by atoms with Gasteiger partial charge in [0.1, 0.15) is 0 Å². The number of carbonyl (C=O) groups is 2. The number of rotatable bonds is 5. The Hall–Kier alpha value is -2.15. The van der Waals surface area contributed by atoms with Crippen molar-refractivity contribution in [2.45, 2.75) is 25.8 Å². The molecule has 0 bridgehead atoms. The minimum Gasteiger partial charge on any atom is -0.476 e. The normalized spacial score (nSPS) is 16.4. The zero-order valence-corrected chi connectivity index (χ0v) is 12.0. The highest BCUT2D eigenvalue weighted by Gasteiger charge is 2.19. The van der Waals surface area contributed by atoms with Gasteiger partial charge < -0.3 is 15.7 Å². The molecule has 0 saturated carbocycles. The molecule has 2 amide bonds. The number of pyridine rings is 1. The molecule has 21 heavy (non-hydrogen) atoms. The highest BCUT2D eigenvalue weighted by atomic mass is 16.4. The summed E-state index contributed by atoms with van der Waals surface area (Å²) >= 11 is 0. The van der Waals surface area contributed by atoms with E-state index >= 15 is 0 Å². The molecule has 3 N–H and O–H groups in total. The summed E-state index contributed by atoms with van der Waals surface area (Å²) in [4.78, 5) is 28.9. The third-order valence-corrected chi connectivity index (χ3v) is 3.58. The van der Waals surface area contributed by atoms with Gasteiger partial charge in [0.2, 0.25) is 0 Å². The topological polar surface area (TPSA) is 94.6 Å². The molecule has 7 heteroatoms. The van der Waals surface area contributed by atoms with E-state index in [-0.39, 0.29) is 17.4 Å². The molecule has 1 aliphatic rings. The monoisotopic (exact) mass is 292 g/mol. The van der Waals surface area contributed by atoms with Crippen LogP contribution >= 0.6 is 0 Å². The van der Waals surface area contributed by atoms with Gasteiger partial charge in [0.15, 0.2) is 5.69 Å². The van der Waals surface area contributed by atoms with Crippen LogP contribution in [0.4, 0.5) is 10.5 Å². The number of urea groups is 1. The van der Waals surface area contributed by atoms with Gasteiger partial charge in [-0.25, -0.2) is 14.6 Å². The van der Waals surface area contributed by atoms with Crippen LogP contribution in [0.2, 0.25) is 0 Å². The van der Waals surface area contributed by atoms with Crippen molar-refractivity contribution in [2.75, 3.05) is 25.0 Å². The van der Waals surface area contributed by atoms with E-state index in [2.05, 4.69) is 27.4 Å². The standard InChI is InChI=1S/C14H20N4O3/c1-10(18-7-2-3-8-18)9-16-14(21)17-11-5-4-6-15-12(11)13(19)20/h4-6,10H,2-3,7-9H2,1H3,(H,19,20)(H2,16,17,21). The summed E-state index contributed by atoms with van der Waals surface area (Å²) in [5.41, 5.74) is 0.0246. The Balaban J connectivity index is 1.86. The van der Waals surface area contributed by atoms with Crippen LogP contribution in [0.3, 0.4) is 0 Å². The molecular formula is C14H20N4O3. The van der Waals surface area contributed by atoms with Crippen molar-refractivity contribution in [1.82, 2.24) is 15.2 Å². The highest BCUT2D eigenvalue weighted by Crippen LogP contribution is 2.12. The molecule has 1 aromatic heterocycles. The molecule has 0 spiro atoms. The number of aromatic nitrogens is 1. The molecule has 1 fully saturated rings. The number of aromatic carboxylic acids is 1. The summed E-state index contributed by atoms with van der Waals surface area (Å²) in [5.74, 6) is -1.17. The molecule has 0 aliphatic carbocycles. The number of nitrogens with one attached hydrogen (secondary N) is 2. The van der Waals surface area contributed by atoms with Gasteiger partial charge in [0.05, 0.1) is 5.69 Å². The fraction of sp³-hybridized carbons (Fsp3) is 0.500. The lowest BCUT2D eigenvalue weighted by Gasteiger charge is -2.23. The molecule has 0 aromatic carbocycles. The molecule has 2 heterocycles. The van der Waals surface area contributed by atoms with Crippen molar-refractivity contribution in [3.05, 3.63) is 24.0 Å². The molecule has 1 atom stereocenters. The van der Waals surface area contributed by atoms with Crippen LogP contribution in [-0.2, 0) is 0 Å². The first kappa shape index (κ1) is 15.2. The van der Waals surface area contributed by atoms with Crippen LogP contribution in [0.15, 0.2) is 18.3 Å². The number of anilines is 1. The van der Waals surface area contributed by atoms with E-state index in [1.54, 1.807) is 6.07 Å². The molecule has 1 saturated heterocycles. The Bertz CT molecular complexity index is 515. The van der Waals surface area contributed by atoms with Gasteiger partial charge in [-0.3, -0.25) is 4.90 Å². The summed E-state index contributed by atoms with van der Waals surface area (Å²) in [6.07, 6.45) is 3.78. The number of amides is 2. The van der Waals surface area contributed by atoms with E-state index in [1.807, 2.05) is 0 Å². The van der Waals surface area contributed by atoms with Gasteiger partial charge in [-0.05, 0) is 45.0 Å². The number of carboxylic acid groups (broad SMARTS) is 1. The van der Waals surface area contributed by atoms with Crippen molar-refractivity contribution in [3.8, 4) is 0 Å². The van der Waals surface area contributed by atoms with Crippen LogP contribution in [0.5, 0.6) is 0 Å². The predicted molar refractivity (Wildman–Crippen MR) is 78.5 cm³/mol. The number of carboxylic acids is 1. The van der Waals surface area contributed by atoms with Crippen molar-refractivity contribution in [3.63, 3.8) is 0 Å². The fourth-order valence-corrected chi connectivity index (χ4v) is 2.39. The Morgan fingerprint density at radius 2 is 2.14 bits per heavy atom. The van der Waals surface area contributed by atoms with Crippen LogP contribution in [-0.4, -0.2) is 52.7 Å².